The summed E-state index contributed by atoms with van der Waals surface area (Å²) in [5.74, 6) is 0.397. The number of nitriles is 1. The molecule has 1 aromatic carbocycles. The van der Waals surface area contributed by atoms with E-state index in [-0.39, 0.29) is 5.56 Å². The van der Waals surface area contributed by atoms with Crippen molar-refractivity contribution >= 4 is 10.8 Å². The van der Waals surface area contributed by atoms with Crippen molar-refractivity contribution in [2.45, 2.75) is 12.7 Å². The van der Waals surface area contributed by atoms with Crippen LogP contribution in [0.3, 0.4) is 0 Å². The summed E-state index contributed by atoms with van der Waals surface area (Å²) in [4.78, 5) is 0. The SMILES string of the molecule is CCS(=O)Cc1cc(F)cc(C#N)c1. The van der Waals surface area contributed by atoms with Crippen molar-refractivity contribution in [2.24, 2.45) is 0 Å². The Labute approximate surface area is 84.8 Å². The fourth-order valence-electron chi connectivity index (χ4n) is 1.09. The van der Waals surface area contributed by atoms with E-state index in [1.165, 1.54) is 12.1 Å². The second-order valence-electron chi connectivity index (χ2n) is 2.83. The van der Waals surface area contributed by atoms with Crippen LogP contribution in [0, 0.1) is 17.1 Å². The maximum Gasteiger partial charge on any atom is 0.124 e. The molecule has 0 aliphatic heterocycles. The van der Waals surface area contributed by atoms with E-state index in [0.29, 0.717) is 17.1 Å². The minimum atomic E-state index is -0.973. The number of benzene rings is 1. The number of hydrogen-bond donors (Lipinski definition) is 0. The Morgan fingerprint density at radius 2 is 2.21 bits per heavy atom. The van der Waals surface area contributed by atoms with Crippen LogP contribution in [0.25, 0.3) is 0 Å². The fraction of sp³-hybridized carbons (Fsp3) is 0.300. The van der Waals surface area contributed by atoms with Gasteiger partial charge in [0.05, 0.1) is 11.6 Å². The molecule has 1 aromatic rings. The molecule has 2 nitrogen and oxygen atoms in total. The van der Waals surface area contributed by atoms with Crippen LogP contribution in [-0.2, 0) is 16.6 Å². The second kappa shape index (κ2) is 4.87. The molecule has 0 aliphatic carbocycles. The van der Waals surface area contributed by atoms with Gasteiger partial charge in [-0.1, -0.05) is 6.92 Å². The van der Waals surface area contributed by atoms with Gasteiger partial charge in [0, 0.05) is 22.3 Å². The lowest BCUT2D eigenvalue weighted by atomic mass is 10.1. The summed E-state index contributed by atoms with van der Waals surface area (Å²) < 4.78 is 24.1. The van der Waals surface area contributed by atoms with E-state index in [2.05, 4.69) is 0 Å². The first-order chi connectivity index (χ1) is 6.65. The molecule has 74 valence electrons. The molecule has 0 saturated carbocycles. The van der Waals surface area contributed by atoms with E-state index < -0.39 is 16.6 Å². The highest BCUT2D eigenvalue weighted by atomic mass is 32.2. The zero-order valence-corrected chi connectivity index (χ0v) is 8.60. The van der Waals surface area contributed by atoms with Crippen LogP contribution in [0.4, 0.5) is 4.39 Å². The Balaban J connectivity index is 2.93. The monoisotopic (exact) mass is 211 g/mol. The molecule has 0 spiro atoms. The zero-order chi connectivity index (χ0) is 10.6. The fourth-order valence-corrected chi connectivity index (χ4v) is 1.83. The lowest BCUT2D eigenvalue weighted by molar-refractivity contribution is 0.625. The molecule has 0 N–H and O–H groups in total. The highest BCUT2D eigenvalue weighted by Crippen LogP contribution is 2.10. The average molecular weight is 211 g/mol. The van der Waals surface area contributed by atoms with E-state index in [0.717, 1.165) is 0 Å². The van der Waals surface area contributed by atoms with Crippen LogP contribution in [0.1, 0.15) is 18.1 Å². The van der Waals surface area contributed by atoms with Gasteiger partial charge in [-0.15, -0.1) is 0 Å². The first-order valence-corrected chi connectivity index (χ1v) is 5.69. The van der Waals surface area contributed by atoms with E-state index in [4.69, 9.17) is 5.26 Å². The van der Waals surface area contributed by atoms with Gasteiger partial charge in [-0.05, 0) is 23.8 Å². The average Bonchev–Trinajstić information content (AvgIpc) is 2.16. The van der Waals surface area contributed by atoms with Crippen LogP contribution in [-0.4, -0.2) is 9.96 Å². The number of rotatable bonds is 3. The smallest absolute Gasteiger partial charge is 0.124 e. The number of nitrogens with zero attached hydrogens (tertiary/aromatic N) is 1. The highest BCUT2D eigenvalue weighted by Gasteiger charge is 2.03. The topological polar surface area (TPSA) is 40.9 Å². The van der Waals surface area contributed by atoms with Crippen LogP contribution in [0.15, 0.2) is 18.2 Å². The van der Waals surface area contributed by atoms with Gasteiger partial charge in [0.15, 0.2) is 0 Å². The van der Waals surface area contributed by atoms with E-state index >= 15 is 0 Å². The van der Waals surface area contributed by atoms with Crippen molar-refractivity contribution in [3.8, 4) is 6.07 Å². The molecule has 0 heterocycles. The summed E-state index contributed by atoms with van der Waals surface area (Å²) in [6.45, 7) is 1.81. The lowest BCUT2D eigenvalue weighted by Crippen LogP contribution is -1.98. The maximum absolute atomic E-state index is 12.9. The zero-order valence-electron chi connectivity index (χ0n) is 7.79. The summed E-state index contributed by atoms with van der Waals surface area (Å²) in [6, 6.07) is 5.91. The highest BCUT2D eigenvalue weighted by molar-refractivity contribution is 7.84. The molecule has 0 aromatic heterocycles. The van der Waals surface area contributed by atoms with Crippen LogP contribution >= 0.6 is 0 Å². The van der Waals surface area contributed by atoms with Gasteiger partial charge in [-0.2, -0.15) is 5.26 Å². The van der Waals surface area contributed by atoms with Crippen LogP contribution in [0.5, 0.6) is 0 Å². The molecule has 1 atom stereocenters. The summed E-state index contributed by atoms with van der Waals surface area (Å²) in [5.41, 5.74) is 0.884. The Kier molecular flexibility index (Phi) is 3.78. The summed E-state index contributed by atoms with van der Waals surface area (Å²) in [7, 11) is -0.973. The number of halogens is 1. The van der Waals surface area contributed by atoms with Crippen molar-refractivity contribution in [2.75, 3.05) is 5.75 Å². The molecule has 4 heteroatoms. The molecule has 0 amide bonds. The van der Waals surface area contributed by atoms with Crippen molar-refractivity contribution in [3.05, 3.63) is 35.1 Å². The lowest BCUT2D eigenvalue weighted by Gasteiger charge is -2.00. The van der Waals surface area contributed by atoms with Gasteiger partial charge in [-0.3, -0.25) is 4.21 Å². The Bertz CT molecular complexity index is 398. The Hall–Kier alpha value is -1.21. The van der Waals surface area contributed by atoms with Crippen molar-refractivity contribution in [3.63, 3.8) is 0 Å². The molecule has 14 heavy (non-hydrogen) atoms. The third kappa shape index (κ3) is 2.93. The van der Waals surface area contributed by atoms with Gasteiger partial charge in [0.1, 0.15) is 5.82 Å². The van der Waals surface area contributed by atoms with Gasteiger partial charge in [0.2, 0.25) is 0 Å². The first kappa shape index (κ1) is 10.9. The predicted octanol–water partition coefficient (Wildman–Crippen LogP) is 1.97. The second-order valence-corrected chi connectivity index (χ2v) is 4.58. The minimum absolute atomic E-state index is 0.271. The van der Waals surface area contributed by atoms with Crippen molar-refractivity contribution in [1.29, 1.82) is 5.26 Å². The quantitative estimate of drug-likeness (QED) is 0.767. The summed E-state index contributed by atoms with van der Waals surface area (Å²) >= 11 is 0. The van der Waals surface area contributed by atoms with Crippen molar-refractivity contribution in [1.82, 2.24) is 0 Å². The number of hydrogen-bond acceptors (Lipinski definition) is 2. The van der Waals surface area contributed by atoms with E-state index in [1.807, 2.05) is 6.07 Å². The maximum atomic E-state index is 12.9. The van der Waals surface area contributed by atoms with Gasteiger partial charge < -0.3 is 0 Å². The molecular formula is C10H10FNOS. The minimum Gasteiger partial charge on any atom is -0.259 e. The third-order valence-corrected chi connectivity index (χ3v) is 3.04. The summed E-state index contributed by atoms with van der Waals surface area (Å²) in [5, 5.41) is 8.59. The molecule has 0 aliphatic rings. The third-order valence-electron chi connectivity index (χ3n) is 1.74. The molecule has 0 bridgehead atoms. The molecule has 0 radical (unpaired) electrons. The van der Waals surface area contributed by atoms with E-state index in [9.17, 15) is 8.60 Å². The van der Waals surface area contributed by atoms with Crippen LogP contribution < -0.4 is 0 Å². The molecule has 0 saturated heterocycles. The standard InChI is InChI=1S/C10H10FNOS/c1-2-14(13)7-9-3-8(6-12)4-10(11)5-9/h3-5H,2,7H2,1H3. The predicted molar refractivity (Wildman–Crippen MR) is 53.5 cm³/mol. The Morgan fingerprint density at radius 3 is 2.79 bits per heavy atom. The van der Waals surface area contributed by atoms with E-state index in [1.54, 1.807) is 13.0 Å². The van der Waals surface area contributed by atoms with Gasteiger partial charge in [0.25, 0.3) is 0 Å². The molecule has 0 fully saturated rings. The molecular weight excluding hydrogens is 201 g/mol. The normalized spacial score (nSPS) is 12.1. The van der Waals surface area contributed by atoms with Crippen LogP contribution in [0.2, 0.25) is 0 Å². The largest absolute Gasteiger partial charge is 0.259 e. The Morgan fingerprint density at radius 1 is 1.50 bits per heavy atom. The summed E-state index contributed by atoms with van der Waals surface area (Å²) in [6.07, 6.45) is 0. The van der Waals surface area contributed by atoms with Gasteiger partial charge in [-0.25, -0.2) is 4.39 Å². The van der Waals surface area contributed by atoms with Crippen molar-refractivity contribution < 1.29 is 8.60 Å². The molecule has 1 rings (SSSR count). The van der Waals surface area contributed by atoms with Gasteiger partial charge >= 0.3 is 0 Å². The first-order valence-electron chi connectivity index (χ1n) is 4.20. The molecule has 1 unspecified atom stereocenters.